The standard InChI is InChI=1S/C13H13BrN2O2/c14-16(13(17)18)11-7-3-5-9-8-4-1-2-6-10(8)15-12(9)11/h1-2,4,6,11,15H,3,5,7H2,(H,17,18). The molecule has 0 saturated carbocycles. The SMILES string of the molecule is O=C(O)N(Br)C1CCCc2c1[nH]c1ccccc21. The van der Waals surface area contributed by atoms with E-state index >= 15 is 0 Å². The fourth-order valence-electron chi connectivity index (χ4n) is 2.75. The predicted molar refractivity (Wildman–Crippen MR) is 72.8 cm³/mol. The van der Waals surface area contributed by atoms with Crippen LogP contribution in [-0.2, 0) is 6.42 Å². The molecule has 94 valence electrons. The van der Waals surface area contributed by atoms with Crippen LogP contribution in [-0.4, -0.2) is 20.1 Å². The lowest BCUT2D eigenvalue weighted by atomic mass is 9.92. The third-order valence-corrected chi connectivity index (χ3v) is 4.34. The van der Waals surface area contributed by atoms with Crippen molar-refractivity contribution >= 4 is 33.1 Å². The van der Waals surface area contributed by atoms with E-state index in [1.807, 2.05) is 18.2 Å². The van der Waals surface area contributed by atoms with Crippen LogP contribution in [0, 0.1) is 0 Å². The number of aromatic nitrogens is 1. The number of fused-ring (bicyclic) bond motifs is 3. The van der Waals surface area contributed by atoms with Crippen LogP contribution in [0.15, 0.2) is 24.3 Å². The number of halogens is 1. The number of carbonyl (C=O) groups is 1. The second-order valence-electron chi connectivity index (χ2n) is 4.56. The molecule has 1 aromatic heterocycles. The van der Waals surface area contributed by atoms with Gasteiger partial charge in [0.25, 0.3) is 0 Å². The van der Waals surface area contributed by atoms with Crippen molar-refractivity contribution in [1.82, 2.24) is 8.91 Å². The molecule has 1 amide bonds. The first kappa shape index (κ1) is 11.6. The molecule has 18 heavy (non-hydrogen) atoms. The lowest BCUT2D eigenvalue weighted by Gasteiger charge is -2.27. The number of hydrogen-bond acceptors (Lipinski definition) is 1. The number of rotatable bonds is 1. The zero-order valence-corrected chi connectivity index (χ0v) is 11.3. The van der Waals surface area contributed by atoms with Gasteiger partial charge < -0.3 is 10.1 Å². The molecule has 0 aliphatic heterocycles. The first-order valence-electron chi connectivity index (χ1n) is 5.96. The maximum absolute atomic E-state index is 11.1. The van der Waals surface area contributed by atoms with E-state index in [9.17, 15) is 4.79 Å². The highest BCUT2D eigenvalue weighted by atomic mass is 79.9. The molecule has 2 aromatic rings. The Kier molecular flexibility index (Phi) is 2.78. The van der Waals surface area contributed by atoms with Gasteiger partial charge >= 0.3 is 6.09 Å². The second-order valence-corrected chi connectivity index (χ2v) is 5.33. The molecule has 1 aliphatic rings. The maximum atomic E-state index is 11.1. The zero-order valence-electron chi connectivity index (χ0n) is 9.69. The highest BCUT2D eigenvalue weighted by Gasteiger charge is 2.30. The van der Waals surface area contributed by atoms with Gasteiger partial charge in [-0.3, -0.25) is 0 Å². The molecule has 0 spiro atoms. The second kappa shape index (κ2) is 4.31. The number of nitrogens with zero attached hydrogens (tertiary/aromatic N) is 1. The van der Waals surface area contributed by atoms with Gasteiger partial charge in [-0.15, -0.1) is 0 Å². The Bertz CT molecular complexity index is 608. The van der Waals surface area contributed by atoms with Gasteiger partial charge in [-0.05, 0) is 30.9 Å². The number of nitrogens with one attached hydrogen (secondary N) is 1. The Morgan fingerprint density at radius 2 is 2.22 bits per heavy atom. The van der Waals surface area contributed by atoms with Crippen molar-refractivity contribution in [2.24, 2.45) is 0 Å². The lowest BCUT2D eigenvalue weighted by Crippen LogP contribution is -2.27. The molecule has 1 heterocycles. The van der Waals surface area contributed by atoms with Crippen LogP contribution in [0.2, 0.25) is 0 Å². The summed E-state index contributed by atoms with van der Waals surface area (Å²) in [6.45, 7) is 0. The van der Waals surface area contributed by atoms with Gasteiger partial charge in [-0.25, -0.2) is 8.72 Å². The van der Waals surface area contributed by atoms with Crippen LogP contribution >= 0.6 is 16.1 Å². The van der Waals surface area contributed by atoms with Crippen LogP contribution in [0.25, 0.3) is 10.9 Å². The third-order valence-electron chi connectivity index (χ3n) is 3.54. The first-order chi connectivity index (χ1) is 8.68. The van der Waals surface area contributed by atoms with Crippen molar-refractivity contribution in [3.05, 3.63) is 35.5 Å². The zero-order chi connectivity index (χ0) is 12.7. The van der Waals surface area contributed by atoms with Crippen LogP contribution in [0.3, 0.4) is 0 Å². The number of H-pyrrole nitrogens is 1. The van der Waals surface area contributed by atoms with Gasteiger partial charge in [-0.2, -0.15) is 0 Å². The number of para-hydroxylation sites is 1. The highest BCUT2D eigenvalue weighted by molar-refractivity contribution is 9.07. The van der Waals surface area contributed by atoms with Gasteiger partial charge in [-0.1, -0.05) is 18.2 Å². The van der Waals surface area contributed by atoms with Crippen LogP contribution in [0.5, 0.6) is 0 Å². The van der Waals surface area contributed by atoms with E-state index in [4.69, 9.17) is 5.11 Å². The number of amides is 1. The topological polar surface area (TPSA) is 56.3 Å². The molecule has 4 nitrogen and oxygen atoms in total. The average molecular weight is 309 g/mol. The number of aryl methyl sites for hydroxylation is 1. The van der Waals surface area contributed by atoms with Crippen molar-refractivity contribution in [2.45, 2.75) is 25.3 Å². The van der Waals surface area contributed by atoms with Crippen molar-refractivity contribution < 1.29 is 9.90 Å². The molecule has 0 saturated heterocycles. The third kappa shape index (κ3) is 1.70. The molecular weight excluding hydrogens is 296 g/mol. The quantitative estimate of drug-likeness (QED) is 0.787. The van der Waals surface area contributed by atoms with Crippen LogP contribution in [0.4, 0.5) is 4.79 Å². The van der Waals surface area contributed by atoms with E-state index in [1.165, 1.54) is 14.9 Å². The summed E-state index contributed by atoms with van der Waals surface area (Å²) in [6, 6.07) is 8.00. The normalized spacial score (nSPS) is 18.6. The molecule has 2 N–H and O–H groups in total. The van der Waals surface area contributed by atoms with Gasteiger partial charge in [0.1, 0.15) is 0 Å². The Labute approximate surface area is 113 Å². The summed E-state index contributed by atoms with van der Waals surface area (Å²) >= 11 is 3.14. The van der Waals surface area contributed by atoms with Crippen LogP contribution in [0.1, 0.15) is 30.1 Å². The Balaban J connectivity index is 2.13. The fourth-order valence-corrected chi connectivity index (χ4v) is 3.16. The summed E-state index contributed by atoms with van der Waals surface area (Å²) in [6.07, 6.45) is 1.91. The van der Waals surface area contributed by atoms with Crippen molar-refractivity contribution in [1.29, 1.82) is 0 Å². The molecular formula is C13H13BrN2O2. The van der Waals surface area contributed by atoms with Crippen LogP contribution < -0.4 is 0 Å². The first-order valence-corrected chi connectivity index (χ1v) is 6.67. The summed E-state index contributed by atoms with van der Waals surface area (Å²) in [5.41, 5.74) is 3.37. The Hall–Kier alpha value is -1.49. The van der Waals surface area contributed by atoms with E-state index in [0.29, 0.717) is 0 Å². The number of hydrogen-bond donors (Lipinski definition) is 2. The van der Waals surface area contributed by atoms with E-state index < -0.39 is 6.09 Å². The van der Waals surface area contributed by atoms with E-state index in [0.717, 1.165) is 30.5 Å². The molecule has 5 heteroatoms. The molecule has 1 unspecified atom stereocenters. The molecule has 0 radical (unpaired) electrons. The number of benzene rings is 1. The maximum Gasteiger partial charge on any atom is 0.418 e. The molecule has 0 fully saturated rings. The van der Waals surface area contributed by atoms with Gasteiger partial charge in [0, 0.05) is 16.6 Å². The van der Waals surface area contributed by atoms with E-state index in [2.05, 4.69) is 27.2 Å². The van der Waals surface area contributed by atoms with Crippen molar-refractivity contribution in [3.63, 3.8) is 0 Å². The Morgan fingerprint density at radius 3 is 3.00 bits per heavy atom. The van der Waals surface area contributed by atoms with E-state index in [1.54, 1.807) is 0 Å². The summed E-state index contributed by atoms with van der Waals surface area (Å²) in [4.78, 5) is 14.5. The summed E-state index contributed by atoms with van der Waals surface area (Å²) in [7, 11) is 0. The van der Waals surface area contributed by atoms with Gasteiger partial charge in [0.05, 0.1) is 22.2 Å². The van der Waals surface area contributed by atoms with Gasteiger partial charge in [0.15, 0.2) is 0 Å². The minimum Gasteiger partial charge on any atom is -0.464 e. The van der Waals surface area contributed by atoms with Crippen molar-refractivity contribution in [3.8, 4) is 0 Å². The number of carboxylic acid groups (broad SMARTS) is 1. The smallest absolute Gasteiger partial charge is 0.418 e. The molecule has 0 bridgehead atoms. The summed E-state index contributed by atoms with van der Waals surface area (Å²) in [5.74, 6) is 0. The summed E-state index contributed by atoms with van der Waals surface area (Å²) in [5, 5.41) is 10.3. The molecule has 1 atom stereocenters. The molecule has 3 rings (SSSR count). The number of aromatic amines is 1. The fraction of sp³-hybridized carbons (Fsp3) is 0.308. The lowest BCUT2D eigenvalue weighted by molar-refractivity contribution is 0.163. The highest BCUT2D eigenvalue weighted by Crippen LogP contribution is 2.39. The monoisotopic (exact) mass is 308 g/mol. The van der Waals surface area contributed by atoms with E-state index in [-0.39, 0.29) is 6.04 Å². The average Bonchev–Trinajstić information content (AvgIpc) is 2.76. The molecule has 1 aliphatic carbocycles. The predicted octanol–water partition coefficient (Wildman–Crippen LogP) is 3.84. The van der Waals surface area contributed by atoms with Crippen molar-refractivity contribution in [2.75, 3.05) is 0 Å². The minimum atomic E-state index is -0.952. The largest absolute Gasteiger partial charge is 0.464 e. The molecule has 1 aromatic carbocycles. The van der Waals surface area contributed by atoms with Gasteiger partial charge in [0.2, 0.25) is 0 Å². The summed E-state index contributed by atoms with van der Waals surface area (Å²) < 4.78 is 1.22. The Morgan fingerprint density at radius 1 is 1.44 bits per heavy atom. The minimum absolute atomic E-state index is 0.126.